The number of benzene rings is 1. The van der Waals surface area contributed by atoms with Gasteiger partial charge in [0, 0.05) is 26.1 Å². The van der Waals surface area contributed by atoms with Crippen molar-refractivity contribution in [2.75, 3.05) is 26.7 Å². The number of ether oxygens (including phenoxy) is 1. The van der Waals surface area contributed by atoms with Gasteiger partial charge in [-0.3, -0.25) is 9.59 Å². The second-order valence-corrected chi connectivity index (χ2v) is 8.97. The number of hydrogen-bond donors (Lipinski definition) is 2. The Morgan fingerprint density at radius 2 is 1.85 bits per heavy atom. The molecule has 3 N–H and O–H groups in total. The third-order valence-corrected chi connectivity index (χ3v) is 6.31. The third-order valence-electron chi connectivity index (χ3n) is 6.31. The fourth-order valence-electron chi connectivity index (χ4n) is 4.34. The van der Waals surface area contributed by atoms with Crippen LogP contribution in [0.5, 0.6) is 0 Å². The Labute approximate surface area is 204 Å². The van der Waals surface area contributed by atoms with E-state index in [1.54, 1.807) is 0 Å². The van der Waals surface area contributed by atoms with Crippen molar-refractivity contribution in [2.45, 2.75) is 56.7 Å². The van der Waals surface area contributed by atoms with Gasteiger partial charge in [-0.15, -0.1) is 12.4 Å². The van der Waals surface area contributed by atoms with E-state index in [0.29, 0.717) is 25.7 Å². The van der Waals surface area contributed by atoms with Gasteiger partial charge < -0.3 is 25.6 Å². The van der Waals surface area contributed by atoms with Crippen LogP contribution in [0.4, 0.5) is 13.6 Å². The Bertz CT molecular complexity index is 838. The van der Waals surface area contributed by atoms with Crippen molar-refractivity contribution in [2.24, 2.45) is 11.7 Å². The number of likely N-dealkylation sites (N-methyl/N-ethyl adjacent to an activating group) is 1. The minimum Gasteiger partial charge on any atom is -0.445 e. The van der Waals surface area contributed by atoms with Gasteiger partial charge in [0.2, 0.25) is 11.8 Å². The largest absolute Gasteiger partial charge is 0.445 e. The van der Waals surface area contributed by atoms with E-state index in [2.05, 4.69) is 5.32 Å². The average Bonchev–Trinajstić information content (AvgIpc) is 3.17. The highest BCUT2D eigenvalue weighted by Crippen LogP contribution is 2.30. The predicted octanol–water partition coefficient (Wildman–Crippen LogP) is 2.55. The van der Waals surface area contributed by atoms with Gasteiger partial charge in [0.05, 0.1) is 12.6 Å². The van der Waals surface area contributed by atoms with Crippen molar-refractivity contribution in [1.29, 1.82) is 0 Å². The minimum absolute atomic E-state index is 0. The Hall–Kier alpha value is -2.46. The van der Waals surface area contributed by atoms with E-state index in [-0.39, 0.29) is 56.4 Å². The van der Waals surface area contributed by atoms with Crippen LogP contribution in [0, 0.1) is 5.92 Å². The van der Waals surface area contributed by atoms with Crippen LogP contribution in [0.25, 0.3) is 0 Å². The molecule has 3 rings (SSSR count). The summed E-state index contributed by atoms with van der Waals surface area (Å²) in [5.74, 6) is -3.65. The molecular weight excluding hydrogens is 470 g/mol. The number of amides is 3. The third kappa shape index (κ3) is 7.80. The molecule has 1 aromatic rings. The molecule has 34 heavy (non-hydrogen) atoms. The number of alkyl halides is 2. The lowest BCUT2D eigenvalue weighted by atomic mass is 9.81. The van der Waals surface area contributed by atoms with Crippen LogP contribution in [0.15, 0.2) is 30.3 Å². The summed E-state index contributed by atoms with van der Waals surface area (Å²) >= 11 is 0. The second-order valence-electron chi connectivity index (χ2n) is 8.97. The highest BCUT2D eigenvalue weighted by atomic mass is 35.5. The van der Waals surface area contributed by atoms with Crippen molar-refractivity contribution in [1.82, 2.24) is 15.1 Å². The normalized spacial score (nSPS) is 22.3. The summed E-state index contributed by atoms with van der Waals surface area (Å²) in [5.41, 5.74) is 6.95. The molecule has 0 aromatic heterocycles. The van der Waals surface area contributed by atoms with Crippen molar-refractivity contribution in [3.63, 3.8) is 0 Å². The van der Waals surface area contributed by atoms with Gasteiger partial charge in [-0.2, -0.15) is 0 Å². The van der Waals surface area contributed by atoms with Gasteiger partial charge in [-0.25, -0.2) is 13.6 Å². The SMILES string of the molecule is CN(CC(=O)N[C@H]1CC[C@H]([C@H](N)C(=O)N2CCC(F)(F)C2)CC1)C(=O)OCc1ccccc1.Cl. The summed E-state index contributed by atoms with van der Waals surface area (Å²) in [6.07, 6.45) is 1.60. The average molecular weight is 503 g/mol. The van der Waals surface area contributed by atoms with E-state index in [4.69, 9.17) is 10.5 Å². The highest BCUT2D eigenvalue weighted by Gasteiger charge is 2.42. The molecule has 1 aliphatic carbocycles. The number of hydrogen-bond acceptors (Lipinski definition) is 5. The Kier molecular flexibility index (Phi) is 10.1. The summed E-state index contributed by atoms with van der Waals surface area (Å²) < 4.78 is 32.0. The van der Waals surface area contributed by atoms with Crippen molar-refractivity contribution in [3.8, 4) is 0 Å². The standard InChI is InChI=1S/C23H32F2N4O4.ClH/c1-28(22(32)33-14-16-5-3-2-4-6-16)13-19(30)27-18-9-7-17(8-10-18)20(26)21(31)29-12-11-23(24,25)15-29;/h2-6,17-18,20H,7-15,26H2,1H3,(H,27,30);1H/t17-,18-,20-;/m0./s1. The molecule has 11 heteroatoms. The molecular formula is C23H33ClF2N4O4. The summed E-state index contributed by atoms with van der Waals surface area (Å²) in [5, 5.41) is 2.91. The molecule has 3 amide bonds. The van der Waals surface area contributed by atoms with Crippen molar-refractivity contribution in [3.05, 3.63) is 35.9 Å². The van der Waals surface area contributed by atoms with E-state index >= 15 is 0 Å². The molecule has 0 spiro atoms. The summed E-state index contributed by atoms with van der Waals surface area (Å²) in [4.78, 5) is 39.3. The molecule has 190 valence electrons. The van der Waals surface area contributed by atoms with Gasteiger partial charge in [0.1, 0.15) is 13.2 Å². The Morgan fingerprint density at radius 1 is 1.21 bits per heavy atom. The van der Waals surface area contributed by atoms with Crippen LogP contribution in [0.3, 0.4) is 0 Å². The van der Waals surface area contributed by atoms with Gasteiger partial charge in [0.25, 0.3) is 5.92 Å². The number of carbonyl (C=O) groups excluding carboxylic acids is 3. The number of nitrogens with two attached hydrogens (primary N) is 1. The molecule has 1 saturated heterocycles. The maximum absolute atomic E-state index is 13.4. The van der Waals surface area contributed by atoms with Crippen LogP contribution >= 0.6 is 12.4 Å². The lowest BCUT2D eigenvalue weighted by Gasteiger charge is -2.33. The number of rotatable bonds is 7. The smallest absolute Gasteiger partial charge is 0.410 e. The number of likely N-dealkylation sites (tertiary alicyclic amines) is 1. The monoisotopic (exact) mass is 502 g/mol. The Balaban J connectivity index is 0.00000408. The molecule has 1 aliphatic heterocycles. The van der Waals surface area contributed by atoms with Crippen molar-refractivity contribution >= 4 is 30.3 Å². The zero-order chi connectivity index (χ0) is 24.0. The van der Waals surface area contributed by atoms with Gasteiger partial charge >= 0.3 is 6.09 Å². The van der Waals surface area contributed by atoms with Gasteiger partial charge in [0.15, 0.2) is 0 Å². The van der Waals surface area contributed by atoms with E-state index in [0.717, 1.165) is 10.5 Å². The first-order valence-electron chi connectivity index (χ1n) is 11.3. The van der Waals surface area contributed by atoms with E-state index in [9.17, 15) is 23.2 Å². The number of carbonyl (C=O) groups is 3. The molecule has 1 saturated carbocycles. The van der Waals surface area contributed by atoms with Crippen LogP contribution in [0.2, 0.25) is 0 Å². The van der Waals surface area contributed by atoms with Gasteiger partial charge in [-0.1, -0.05) is 30.3 Å². The number of halogens is 3. The second kappa shape index (κ2) is 12.3. The lowest BCUT2D eigenvalue weighted by molar-refractivity contribution is -0.134. The van der Waals surface area contributed by atoms with Crippen LogP contribution < -0.4 is 11.1 Å². The Morgan fingerprint density at radius 3 is 2.44 bits per heavy atom. The molecule has 0 radical (unpaired) electrons. The molecule has 2 fully saturated rings. The van der Waals surface area contributed by atoms with Crippen molar-refractivity contribution < 1.29 is 27.9 Å². The zero-order valence-electron chi connectivity index (χ0n) is 19.3. The molecule has 2 aliphatic rings. The summed E-state index contributed by atoms with van der Waals surface area (Å²) in [7, 11) is 1.50. The molecule has 8 nitrogen and oxygen atoms in total. The summed E-state index contributed by atoms with van der Waals surface area (Å²) in [6.45, 7) is -0.531. The van der Waals surface area contributed by atoms with Crippen LogP contribution in [0.1, 0.15) is 37.7 Å². The lowest BCUT2D eigenvalue weighted by Crippen LogP contribution is -2.50. The topological polar surface area (TPSA) is 105 Å². The quantitative estimate of drug-likeness (QED) is 0.596. The first-order valence-corrected chi connectivity index (χ1v) is 11.3. The first kappa shape index (κ1) is 27.8. The molecule has 1 heterocycles. The van der Waals surface area contributed by atoms with Gasteiger partial charge in [-0.05, 0) is 37.2 Å². The maximum Gasteiger partial charge on any atom is 0.410 e. The molecule has 1 atom stereocenters. The van der Waals surface area contributed by atoms with Crippen LogP contribution in [-0.4, -0.2) is 72.4 Å². The van der Waals surface area contributed by atoms with Crippen LogP contribution in [-0.2, 0) is 20.9 Å². The van der Waals surface area contributed by atoms with E-state index in [1.807, 2.05) is 30.3 Å². The molecule has 0 bridgehead atoms. The predicted molar refractivity (Wildman–Crippen MR) is 125 cm³/mol. The molecule has 0 unspecified atom stereocenters. The first-order chi connectivity index (χ1) is 15.6. The zero-order valence-corrected chi connectivity index (χ0v) is 20.1. The fraction of sp³-hybridized carbons (Fsp3) is 0.609. The van der Waals surface area contributed by atoms with E-state index in [1.165, 1.54) is 11.9 Å². The number of nitrogens with zero attached hydrogens (tertiary/aromatic N) is 2. The number of nitrogens with one attached hydrogen (secondary N) is 1. The summed E-state index contributed by atoms with van der Waals surface area (Å²) in [6, 6.07) is 8.37. The maximum atomic E-state index is 13.4. The van der Waals surface area contributed by atoms with E-state index < -0.39 is 30.5 Å². The minimum atomic E-state index is -2.83. The molecule has 1 aromatic carbocycles. The highest BCUT2D eigenvalue weighted by molar-refractivity contribution is 5.85. The fourth-order valence-corrected chi connectivity index (χ4v) is 4.34.